The molecular formula is C19H19N3O2S. The van der Waals surface area contributed by atoms with Crippen LogP contribution in [0.3, 0.4) is 0 Å². The fraction of sp³-hybridized carbons (Fsp3) is 0.316. The molecule has 1 atom stereocenters. The monoisotopic (exact) mass is 353 g/mol. The summed E-state index contributed by atoms with van der Waals surface area (Å²) < 4.78 is 6.76. The number of fused-ring (bicyclic) bond motifs is 1. The fourth-order valence-corrected chi connectivity index (χ4v) is 4.29. The van der Waals surface area contributed by atoms with Gasteiger partial charge in [0.25, 0.3) is 0 Å². The van der Waals surface area contributed by atoms with Gasteiger partial charge in [0.15, 0.2) is 0 Å². The number of likely N-dealkylation sites (tertiary alicyclic amines) is 1. The van der Waals surface area contributed by atoms with Gasteiger partial charge in [-0.3, -0.25) is 9.78 Å². The maximum absolute atomic E-state index is 12.6. The second kappa shape index (κ2) is 7.29. The highest BCUT2D eigenvalue weighted by molar-refractivity contribution is 7.18. The van der Waals surface area contributed by atoms with Gasteiger partial charge in [-0.05, 0) is 36.6 Å². The first-order valence-electron chi connectivity index (χ1n) is 8.43. The molecule has 0 radical (unpaired) electrons. The number of aromatic nitrogens is 2. The van der Waals surface area contributed by atoms with Gasteiger partial charge in [0.1, 0.15) is 11.6 Å². The summed E-state index contributed by atoms with van der Waals surface area (Å²) in [6.45, 7) is 1.27. The maximum atomic E-state index is 12.6. The predicted molar refractivity (Wildman–Crippen MR) is 97.2 cm³/mol. The third-order valence-electron chi connectivity index (χ3n) is 4.39. The molecule has 3 heterocycles. The predicted octanol–water partition coefficient (Wildman–Crippen LogP) is 3.57. The van der Waals surface area contributed by atoms with Crippen molar-refractivity contribution in [2.75, 3.05) is 13.2 Å². The van der Waals surface area contributed by atoms with Gasteiger partial charge < -0.3 is 9.64 Å². The number of hydrogen-bond acceptors (Lipinski definition) is 5. The SMILES string of the molecule is O=C(COCc1cccnc1)N1CCCC1c1nc2ccccc2s1. The summed E-state index contributed by atoms with van der Waals surface area (Å²) in [7, 11) is 0. The van der Waals surface area contributed by atoms with Crippen LogP contribution in [0.2, 0.25) is 0 Å². The van der Waals surface area contributed by atoms with Crippen LogP contribution in [0.25, 0.3) is 10.2 Å². The van der Waals surface area contributed by atoms with Crippen LogP contribution in [0.1, 0.15) is 29.5 Å². The van der Waals surface area contributed by atoms with Crippen LogP contribution in [0.4, 0.5) is 0 Å². The average Bonchev–Trinajstić information content (AvgIpc) is 3.29. The van der Waals surface area contributed by atoms with Crippen LogP contribution < -0.4 is 0 Å². The van der Waals surface area contributed by atoms with E-state index in [0.717, 1.165) is 35.5 Å². The zero-order chi connectivity index (χ0) is 17.1. The molecule has 128 valence electrons. The van der Waals surface area contributed by atoms with Crippen molar-refractivity contribution in [1.29, 1.82) is 0 Å². The number of pyridine rings is 1. The van der Waals surface area contributed by atoms with Crippen LogP contribution in [0.15, 0.2) is 48.8 Å². The van der Waals surface area contributed by atoms with Crippen LogP contribution in [0, 0.1) is 0 Å². The molecule has 0 saturated carbocycles. The van der Waals surface area contributed by atoms with Gasteiger partial charge in [-0.1, -0.05) is 18.2 Å². The number of hydrogen-bond donors (Lipinski definition) is 0. The van der Waals surface area contributed by atoms with E-state index in [2.05, 4.69) is 11.1 Å². The van der Waals surface area contributed by atoms with Crippen molar-refractivity contribution >= 4 is 27.5 Å². The Hall–Kier alpha value is -2.31. The molecule has 1 amide bonds. The molecule has 1 aliphatic rings. The minimum Gasteiger partial charge on any atom is -0.367 e. The Kier molecular flexibility index (Phi) is 4.72. The van der Waals surface area contributed by atoms with Gasteiger partial charge in [-0.2, -0.15) is 0 Å². The van der Waals surface area contributed by atoms with E-state index in [1.807, 2.05) is 35.2 Å². The number of ether oxygens (including phenoxy) is 1. The summed E-state index contributed by atoms with van der Waals surface area (Å²) in [6.07, 6.45) is 5.45. The molecule has 1 aliphatic heterocycles. The van der Waals surface area contributed by atoms with Gasteiger partial charge in [0.05, 0.1) is 22.9 Å². The van der Waals surface area contributed by atoms with Crippen molar-refractivity contribution in [2.24, 2.45) is 0 Å². The highest BCUT2D eigenvalue weighted by Crippen LogP contribution is 2.36. The Morgan fingerprint density at radius 1 is 1.28 bits per heavy atom. The van der Waals surface area contributed by atoms with Crippen LogP contribution in [-0.4, -0.2) is 33.9 Å². The first-order valence-corrected chi connectivity index (χ1v) is 9.24. The lowest BCUT2D eigenvalue weighted by Crippen LogP contribution is -2.33. The minimum atomic E-state index is 0.0330. The number of rotatable bonds is 5. The molecule has 1 unspecified atom stereocenters. The van der Waals surface area contributed by atoms with Crippen molar-refractivity contribution in [3.63, 3.8) is 0 Å². The molecule has 5 nitrogen and oxygen atoms in total. The molecule has 1 aromatic carbocycles. The van der Waals surface area contributed by atoms with Gasteiger partial charge in [-0.15, -0.1) is 11.3 Å². The third kappa shape index (κ3) is 3.55. The maximum Gasteiger partial charge on any atom is 0.249 e. The normalized spacial score (nSPS) is 17.3. The average molecular weight is 353 g/mol. The number of carbonyl (C=O) groups is 1. The largest absolute Gasteiger partial charge is 0.367 e. The van der Waals surface area contributed by atoms with Gasteiger partial charge in [0, 0.05) is 18.9 Å². The molecule has 4 rings (SSSR count). The van der Waals surface area contributed by atoms with E-state index in [1.54, 1.807) is 23.7 Å². The number of amides is 1. The lowest BCUT2D eigenvalue weighted by Gasteiger charge is -2.23. The van der Waals surface area contributed by atoms with E-state index in [4.69, 9.17) is 9.72 Å². The third-order valence-corrected chi connectivity index (χ3v) is 5.52. The fourth-order valence-electron chi connectivity index (χ4n) is 3.18. The zero-order valence-electron chi connectivity index (χ0n) is 13.8. The molecule has 3 aromatic rings. The minimum absolute atomic E-state index is 0.0330. The number of nitrogens with zero attached hydrogens (tertiary/aromatic N) is 3. The molecule has 0 N–H and O–H groups in total. The van der Waals surface area contributed by atoms with E-state index in [1.165, 1.54) is 4.70 Å². The van der Waals surface area contributed by atoms with Crippen LogP contribution in [-0.2, 0) is 16.1 Å². The highest BCUT2D eigenvalue weighted by Gasteiger charge is 2.32. The summed E-state index contributed by atoms with van der Waals surface area (Å²) in [5, 5.41) is 1.03. The Balaban J connectivity index is 1.41. The standard InChI is InChI=1S/C19H19N3O2S/c23-18(13-24-12-14-5-3-9-20-11-14)22-10-4-7-16(22)19-21-15-6-1-2-8-17(15)25-19/h1-3,5-6,8-9,11,16H,4,7,10,12-13H2. The summed E-state index contributed by atoms with van der Waals surface area (Å²) in [6, 6.07) is 12.0. The molecule has 0 bridgehead atoms. The number of benzene rings is 1. The van der Waals surface area contributed by atoms with Crippen molar-refractivity contribution in [2.45, 2.75) is 25.5 Å². The van der Waals surface area contributed by atoms with Gasteiger partial charge in [0.2, 0.25) is 5.91 Å². The van der Waals surface area contributed by atoms with Crippen LogP contribution in [0.5, 0.6) is 0 Å². The van der Waals surface area contributed by atoms with Crippen molar-refractivity contribution < 1.29 is 9.53 Å². The van der Waals surface area contributed by atoms with Crippen molar-refractivity contribution in [3.8, 4) is 0 Å². The second-order valence-corrected chi connectivity index (χ2v) is 7.18. The molecule has 2 aromatic heterocycles. The molecule has 6 heteroatoms. The first-order chi connectivity index (χ1) is 12.3. The molecule has 1 saturated heterocycles. The molecule has 0 aliphatic carbocycles. The summed E-state index contributed by atoms with van der Waals surface area (Å²) in [4.78, 5) is 23.3. The topological polar surface area (TPSA) is 55.3 Å². The van der Waals surface area contributed by atoms with E-state index in [-0.39, 0.29) is 18.6 Å². The molecule has 0 spiro atoms. The Morgan fingerprint density at radius 3 is 3.04 bits per heavy atom. The van der Waals surface area contributed by atoms with Gasteiger partial charge in [-0.25, -0.2) is 4.98 Å². The first kappa shape index (κ1) is 16.2. The van der Waals surface area contributed by atoms with E-state index in [0.29, 0.717) is 6.61 Å². The van der Waals surface area contributed by atoms with E-state index >= 15 is 0 Å². The molecule has 25 heavy (non-hydrogen) atoms. The van der Waals surface area contributed by atoms with E-state index < -0.39 is 0 Å². The molecule has 1 fully saturated rings. The summed E-state index contributed by atoms with van der Waals surface area (Å²) >= 11 is 1.68. The smallest absolute Gasteiger partial charge is 0.249 e. The van der Waals surface area contributed by atoms with Crippen LogP contribution >= 0.6 is 11.3 Å². The Bertz CT molecular complexity index is 832. The lowest BCUT2D eigenvalue weighted by atomic mass is 10.2. The Morgan fingerprint density at radius 2 is 2.20 bits per heavy atom. The summed E-state index contributed by atoms with van der Waals surface area (Å²) in [5.74, 6) is 0.0330. The quantitative estimate of drug-likeness (QED) is 0.704. The van der Waals surface area contributed by atoms with Crippen molar-refractivity contribution in [1.82, 2.24) is 14.9 Å². The number of para-hydroxylation sites is 1. The van der Waals surface area contributed by atoms with Crippen molar-refractivity contribution in [3.05, 3.63) is 59.4 Å². The molecular weight excluding hydrogens is 334 g/mol. The zero-order valence-corrected chi connectivity index (χ0v) is 14.6. The second-order valence-electron chi connectivity index (χ2n) is 6.12. The lowest BCUT2D eigenvalue weighted by molar-refractivity contribution is -0.137. The summed E-state index contributed by atoms with van der Waals surface area (Å²) in [5.41, 5.74) is 1.98. The number of carbonyl (C=O) groups excluding carboxylic acids is 1. The van der Waals surface area contributed by atoms with Gasteiger partial charge >= 0.3 is 0 Å². The van der Waals surface area contributed by atoms with E-state index in [9.17, 15) is 4.79 Å². The highest BCUT2D eigenvalue weighted by atomic mass is 32.1. The number of thiazole rings is 1. The Labute approximate surface area is 150 Å².